The van der Waals surface area contributed by atoms with Gasteiger partial charge in [-0.05, 0) is 19.9 Å². The molecule has 1 aliphatic rings. The molecule has 0 aliphatic carbocycles. The summed E-state index contributed by atoms with van der Waals surface area (Å²) in [6.45, 7) is 1.75. The Kier molecular flexibility index (Phi) is 3.99. The molecule has 0 aromatic carbocycles. The predicted octanol–water partition coefficient (Wildman–Crippen LogP) is 0.558. The Morgan fingerprint density at radius 3 is 3.11 bits per heavy atom. The van der Waals surface area contributed by atoms with Crippen molar-refractivity contribution in [3.63, 3.8) is 0 Å². The van der Waals surface area contributed by atoms with Crippen LogP contribution in [0.5, 0.6) is 0 Å². The van der Waals surface area contributed by atoms with Crippen molar-refractivity contribution < 1.29 is 9.90 Å². The summed E-state index contributed by atoms with van der Waals surface area (Å²) in [4.78, 5) is 19.8. The maximum atomic E-state index is 12.0. The van der Waals surface area contributed by atoms with Crippen LogP contribution in [0.4, 0.5) is 0 Å². The van der Waals surface area contributed by atoms with Crippen LogP contribution in [-0.4, -0.2) is 58.6 Å². The molecule has 1 aliphatic heterocycles. The molecule has 2 rings (SSSR count). The quantitative estimate of drug-likeness (QED) is 0.867. The molecule has 0 spiro atoms. The fourth-order valence-corrected chi connectivity index (χ4v) is 3.08. The van der Waals surface area contributed by atoms with Crippen molar-refractivity contribution in [2.75, 3.05) is 27.2 Å². The van der Waals surface area contributed by atoms with Gasteiger partial charge in [-0.1, -0.05) is 0 Å². The number of carbonyl (C=O) groups excluding carboxylic acids is 1. The van der Waals surface area contributed by atoms with Crippen LogP contribution in [-0.2, 0) is 11.3 Å². The zero-order valence-corrected chi connectivity index (χ0v) is 11.6. The van der Waals surface area contributed by atoms with Crippen LogP contribution in [0.25, 0.3) is 0 Å². The standard InChI is InChI=1S/C12H19N3O2S/c1-14(8-10-13-5-7-18-10)9-12(17)4-3-6-15(2)11(12)16/h5,7,17H,3-4,6,8-9H2,1-2H3. The van der Waals surface area contributed by atoms with Crippen LogP contribution in [0.15, 0.2) is 11.6 Å². The van der Waals surface area contributed by atoms with E-state index in [9.17, 15) is 9.90 Å². The van der Waals surface area contributed by atoms with E-state index in [1.165, 1.54) is 0 Å². The second-order valence-electron chi connectivity index (χ2n) is 4.96. The minimum absolute atomic E-state index is 0.167. The normalized spacial score (nSPS) is 24.9. The van der Waals surface area contributed by atoms with Gasteiger partial charge in [-0.15, -0.1) is 11.3 Å². The lowest BCUT2D eigenvalue weighted by molar-refractivity contribution is -0.157. The molecule has 1 unspecified atom stereocenters. The molecule has 0 bridgehead atoms. The van der Waals surface area contributed by atoms with Crippen LogP contribution >= 0.6 is 11.3 Å². The van der Waals surface area contributed by atoms with Gasteiger partial charge in [-0.3, -0.25) is 9.69 Å². The van der Waals surface area contributed by atoms with Gasteiger partial charge in [-0.25, -0.2) is 4.98 Å². The Bertz CT molecular complexity index is 409. The number of thiazole rings is 1. The van der Waals surface area contributed by atoms with E-state index in [1.807, 2.05) is 17.3 Å². The Morgan fingerprint density at radius 1 is 1.67 bits per heavy atom. The number of hydrogen-bond acceptors (Lipinski definition) is 5. The lowest BCUT2D eigenvalue weighted by Crippen LogP contribution is -2.56. The highest BCUT2D eigenvalue weighted by atomic mass is 32.1. The van der Waals surface area contributed by atoms with E-state index >= 15 is 0 Å². The van der Waals surface area contributed by atoms with Crippen LogP contribution < -0.4 is 0 Å². The van der Waals surface area contributed by atoms with Gasteiger partial charge in [-0.2, -0.15) is 0 Å². The first kappa shape index (κ1) is 13.5. The van der Waals surface area contributed by atoms with E-state index in [4.69, 9.17) is 0 Å². The van der Waals surface area contributed by atoms with Gasteiger partial charge in [0.25, 0.3) is 5.91 Å². The number of nitrogens with zero attached hydrogens (tertiary/aromatic N) is 3. The van der Waals surface area contributed by atoms with Gasteiger partial charge < -0.3 is 10.0 Å². The van der Waals surface area contributed by atoms with Crippen molar-refractivity contribution in [3.05, 3.63) is 16.6 Å². The van der Waals surface area contributed by atoms with Crippen LogP contribution in [0.3, 0.4) is 0 Å². The van der Waals surface area contributed by atoms with Crippen LogP contribution in [0.2, 0.25) is 0 Å². The molecule has 2 heterocycles. The van der Waals surface area contributed by atoms with Gasteiger partial charge >= 0.3 is 0 Å². The summed E-state index contributed by atoms with van der Waals surface area (Å²) < 4.78 is 0. The minimum atomic E-state index is -1.24. The van der Waals surface area contributed by atoms with Crippen LogP contribution in [0, 0.1) is 0 Å². The summed E-state index contributed by atoms with van der Waals surface area (Å²) >= 11 is 1.58. The number of hydrogen-bond donors (Lipinski definition) is 1. The van der Waals surface area contributed by atoms with Crippen molar-refractivity contribution in [2.24, 2.45) is 0 Å². The van der Waals surface area contributed by atoms with Gasteiger partial charge in [0, 0.05) is 31.7 Å². The molecule has 1 aromatic rings. The monoisotopic (exact) mass is 269 g/mol. The third kappa shape index (κ3) is 2.88. The number of amides is 1. The average molecular weight is 269 g/mol. The molecule has 1 amide bonds. The summed E-state index contributed by atoms with van der Waals surface area (Å²) in [5, 5.41) is 13.4. The Balaban J connectivity index is 1.96. The number of rotatable bonds is 4. The molecule has 100 valence electrons. The van der Waals surface area contributed by atoms with Crippen molar-refractivity contribution in [2.45, 2.75) is 25.0 Å². The Labute approximate surface area is 111 Å². The van der Waals surface area contributed by atoms with Crippen molar-refractivity contribution in [3.8, 4) is 0 Å². The van der Waals surface area contributed by atoms with E-state index in [-0.39, 0.29) is 5.91 Å². The minimum Gasteiger partial charge on any atom is -0.379 e. The highest BCUT2D eigenvalue weighted by Crippen LogP contribution is 2.23. The van der Waals surface area contributed by atoms with E-state index in [1.54, 1.807) is 29.5 Å². The largest absolute Gasteiger partial charge is 0.379 e. The summed E-state index contributed by atoms with van der Waals surface area (Å²) in [7, 11) is 3.65. The third-order valence-electron chi connectivity index (χ3n) is 3.25. The zero-order valence-electron chi connectivity index (χ0n) is 10.8. The first-order valence-electron chi connectivity index (χ1n) is 6.06. The highest BCUT2D eigenvalue weighted by molar-refractivity contribution is 7.09. The maximum Gasteiger partial charge on any atom is 0.255 e. The number of likely N-dealkylation sites (N-methyl/N-ethyl adjacent to an activating group) is 2. The van der Waals surface area contributed by atoms with Crippen molar-refractivity contribution in [1.82, 2.24) is 14.8 Å². The molecule has 1 fully saturated rings. The van der Waals surface area contributed by atoms with Crippen LogP contribution in [0.1, 0.15) is 17.8 Å². The fraction of sp³-hybridized carbons (Fsp3) is 0.667. The summed E-state index contributed by atoms with van der Waals surface area (Å²) in [5.74, 6) is -0.167. The SMILES string of the molecule is CN(Cc1nccs1)CC1(O)CCCN(C)C1=O. The van der Waals surface area contributed by atoms with E-state index < -0.39 is 5.60 Å². The number of piperidine rings is 1. The first-order valence-corrected chi connectivity index (χ1v) is 6.94. The summed E-state index contributed by atoms with van der Waals surface area (Å²) in [6, 6.07) is 0. The van der Waals surface area contributed by atoms with Crippen molar-refractivity contribution >= 4 is 17.2 Å². The summed E-state index contributed by atoms with van der Waals surface area (Å²) in [5.41, 5.74) is -1.24. The first-order chi connectivity index (χ1) is 8.51. The molecule has 6 heteroatoms. The molecule has 0 saturated carbocycles. The van der Waals surface area contributed by atoms with Gasteiger partial charge in [0.1, 0.15) is 5.01 Å². The Hall–Kier alpha value is -0.980. The lowest BCUT2D eigenvalue weighted by atomic mass is 9.91. The Morgan fingerprint density at radius 2 is 2.44 bits per heavy atom. The smallest absolute Gasteiger partial charge is 0.255 e. The zero-order chi connectivity index (χ0) is 13.2. The van der Waals surface area contributed by atoms with Gasteiger partial charge in [0.05, 0.1) is 6.54 Å². The average Bonchev–Trinajstić information content (AvgIpc) is 2.78. The molecule has 18 heavy (non-hydrogen) atoms. The van der Waals surface area contributed by atoms with E-state index in [2.05, 4.69) is 4.98 Å². The molecule has 1 N–H and O–H groups in total. The van der Waals surface area contributed by atoms with Gasteiger partial charge in [0.15, 0.2) is 5.60 Å². The van der Waals surface area contributed by atoms with Crippen molar-refractivity contribution in [1.29, 1.82) is 0 Å². The van der Waals surface area contributed by atoms with E-state index in [0.29, 0.717) is 19.5 Å². The third-order valence-corrected chi connectivity index (χ3v) is 4.01. The predicted molar refractivity (Wildman–Crippen MR) is 70.3 cm³/mol. The number of aliphatic hydroxyl groups is 1. The molecule has 1 aromatic heterocycles. The highest BCUT2D eigenvalue weighted by Gasteiger charge is 2.41. The van der Waals surface area contributed by atoms with Gasteiger partial charge in [0.2, 0.25) is 0 Å². The number of aromatic nitrogens is 1. The fourth-order valence-electron chi connectivity index (χ4n) is 2.38. The maximum absolute atomic E-state index is 12.0. The molecule has 1 atom stereocenters. The molecule has 5 nitrogen and oxygen atoms in total. The topological polar surface area (TPSA) is 56.7 Å². The second kappa shape index (κ2) is 5.34. The number of likely N-dealkylation sites (tertiary alicyclic amines) is 1. The number of carbonyl (C=O) groups is 1. The molecular formula is C12H19N3O2S. The lowest BCUT2D eigenvalue weighted by Gasteiger charge is -2.38. The molecule has 0 radical (unpaired) electrons. The summed E-state index contributed by atoms with van der Waals surface area (Å²) in [6.07, 6.45) is 3.16. The van der Waals surface area contributed by atoms with E-state index in [0.717, 1.165) is 18.0 Å². The molecular weight excluding hydrogens is 250 g/mol. The second-order valence-corrected chi connectivity index (χ2v) is 5.94. The molecule has 1 saturated heterocycles.